The molecule has 0 heterocycles. The Morgan fingerprint density at radius 3 is 2.45 bits per heavy atom. The molecule has 0 saturated carbocycles. The summed E-state index contributed by atoms with van der Waals surface area (Å²) in [7, 11) is 0. The molecule has 6 heteroatoms. The molecule has 116 valence electrons. The number of halogens is 1. The molecule has 0 aromatic heterocycles. The number of rotatable bonds is 5. The lowest BCUT2D eigenvalue weighted by molar-refractivity contribution is 0.169. The Morgan fingerprint density at radius 1 is 1.09 bits per heavy atom. The van der Waals surface area contributed by atoms with Crippen molar-refractivity contribution in [1.82, 2.24) is 10.6 Å². The summed E-state index contributed by atoms with van der Waals surface area (Å²) in [5.74, 6) is -0.359. The molecular weight excluding hydrogens is 287 g/mol. The number of hydrogen-bond donors (Lipinski definition) is 4. The number of urea groups is 1. The van der Waals surface area contributed by atoms with Crippen LogP contribution in [0.25, 0.3) is 0 Å². The molecule has 0 saturated heterocycles. The number of aliphatic hydroxyl groups is 1. The molecule has 2 aromatic carbocycles. The summed E-state index contributed by atoms with van der Waals surface area (Å²) in [5, 5.41) is 24.1. The van der Waals surface area contributed by atoms with E-state index < -0.39 is 18.0 Å². The molecule has 0 aliphatic rings. The van der Waals surface area contributed by atoms with Gasteiger partial charge in [0.2, 0.25) is 0 Å². The highest BCUT2D eigenvalue weighted by Crippen LogP contribution is 2.15. The minimum atomic E-state index is -1.11. The van der Waals surface area contributed by atoms with E-state index >= 15 is 0 Å². The van der Waals surface area contributed by atoms with Gasteiger partial charge in [-0.2, -0.15) is 0 Å². The first kappa shape index (κ1) is 15.8. The van der Waals surface area contributed by atoms with E-state index in [1.807, 2.05) is 0 Å². The number of carbonyl (C=O) groups excluding carboxylic acids is 1. The number of amides is 2. The Balaban J connectivity index is 1.78. The van der Waals surface area contributed by atoms with E-state index in [0.29, 0.717) is 0 Å². The van der Waals surface area contributed by atoms with Gasteiger partial charge in [0.1, 0.15) is 11.6 Å². The number of nitrogens with one attached hydrogen (secondary N) is 2. The zero-order chi connectivity index (χ0) is 15.9. The van der Waals surface area contributed by atoms with Crippen molar-refractivity contribution in [3.63, 3.8) is 0 Å². The van der Waals surface area contributed by atoms with Crippen molar-refractivity contribution in [3.8, 4) is 5.75 Å². The average Bonchev–Trinajstić information content (AvgIpc) is 2.52. The highest BCUT2D eigenvalue weighted by Gasteiger charge is 2.13. The van der Waals surface area contributed by atoms with Crippen LogP contribution in [-0.4, -0.2) is 22.8 Å². The van der Waals surface area contributed by atoms with Crippen LogP contribution in [0.1, 0.15) is 17.2 Å². The second-order valence-electron chi connectivity index (χ2n) is 4.77. The van der Waals surface area contributed by atoms with Gasteiger partial charge in [-0.1, -0.05) is 30.3 Å². The average molecular weight is 304 g/mol. The molecule has 1 atom stereocenters. The predicted molar refractivity (Wildman–Crippen MR) is 79.7 cm³/mol. The van der Waals surface area contributed by atoms with E-state index in [9.17, 15) is 14.3 Å². The lowest BCUT2D eigenvalue weighted by Crippen LogP contribution is -2.37. The summed E-state index contributed by atoms with van der Waals surface area (Å²) >= 11 is 0. The molecule has 0 radical (unpaired) electrons. The lowest BCUT2D eigenvalue weighted by atomic mass is 10.1. The molecule has 0 bridgehead atoms. The molecule has 5 nitrogen and oxygen atoms in total. The number of hydrogen-bond acceptors (Lipinski definition) is 3. The Kier molecular flexibility index (Phi) is 5.32. The summed E-state index contributed by atoms with van der Waals surface area (Å²) in [5.41, 5.74) is 0.962. The topological polar surface area (TPSA) is 81.6 Å². The number of aromatic hydroxyl groups is 1. The zero-order valence-corrected chi connectivity index (χ0v) is 11.8. The first-order chi connectivity index (χ1) is 10.6. The van der Waals surface area contributed by atoms with Crippen molar-refractivity contribution in [2.75, 3.05) is 6.54 Å². The molecular formula is C16H17FN2O3. The second-order valence-corrected chi connectivity index (χ2v) is 4.77. The van der Waals surface area contributed by atoms with Crippen LogP contribution in [0.2, 0.25) is 0 Å². The smallest absolute Gasteiger partial charge is 0.315 e. The Bertz CT molecular complexity index is 632. The molecule has 2 amide bonds. The van der Waals surface area contributed by atoms with Crippen LogP contribution in [0.15, 0.2) is 48.5 Å². The molecule has 1 unspecified atom stereocenters. The van der Waals surface area contributed by atoms with Gasteiger partial charge in [-0.15, -0.1) is 0 Å². The van der Waals surface area contributed by atoms with Gasteiger partial charge >= 0.3 is 6.03 Å². The number of carbonyl (C=O) groups is 1. The predicted octanol–water partition coefficient (Wildman–Crippen LogP) is 2.06. The van der Waals surface area contributed by atoms with Crippen LogP contribution in [0.5, 0.6) is 5.75 Å². The maximum Gasteiger partial charge on any atom is 0.315 e. The van der Waals surface area contributed by atoms with Gasteiger partial charge in [-0.3, -0.25) is 0 Å². The van der Waals surface area contributed by atoms with Gasteiger partial charge in [-0.25, -0.2) is 9.18 Å². The van der Waals surface area contributed by atoms with Gasteiger partial charge in [0.25, 0.3) is 0 Å². The van der Waals surface area contributed by atoms with E-state index in [1.54, 1.807) is 18.2 Å². The van der Waals surface area contributed by atoms with Crippen LogP contribution in [0.4, 0.5) is 9.18 Å². The van der Waals surface area contributed by atoms with Crippen LogP contribution in [0.3, 0.4) is 0 Å². The van der Waals surface area contributed by atoms with Crippen LogP contribution >= 0.6 is 0 Å². The summed E-state index contributed by atoms with van der Waals surface area (Å²) in [6.45, 7) is 0.185. The van der Waals surface area contributed by atoms with Gasteiger partial charge in [0.15, 0.2) is 0 Å². The number of phenolic OH excluding ortho intramolecular Hbond substituents is 1. The number of benzene rings is 2. The SMILES string of the molecule is O=C(NCc1ccc(O)cc1)NCC(O)c1ccccc1F. The highest BCUT2D eigenvalue weighted by atomic mass is 19.1. The normalized spacial score (nSPS) is 11.7. The largest absolute Gasteiger partial charge is 0.508 e. The minimum absolute atomic E-state index is 0.0949. The molecule has 4 N–H and O–H groups in total. The second kappa shape index (κ2) is 7.42. The maximum atomic E-state index is 13.5. The first-order valence-corrected chi connectivity index (χ1v) is 6.78. The Hall–Kier alpha value is -2.60. The van der Waals surface area contributed by atoms with Crippen LogP contribution in [-0.2, 0) is 6.54 Å². The molecule has 2 aromatic rings. The fraction of sp³-hybridized carbons (Fsp3) is 0.188. The van der Waals surface area contributed by atoms with Crippen molar-refractivity contribution < 1.29 is 19.4 Å². The third-order valence-corrected chi connectivity index (χ3v) is 3.11. The first-order valence-electron chi connectivity index (χ1n) is 6.78. The van der Waals surface area contributed by atoms with Gasteiger partial charge in [0, 0.05) is 18.7 Å². The Morgan fingerprint density at radius 2 is 1.77 bits per heavy atom. The van der Waals surface area contributed by atoms with Crippen LogP contribution in [0, 0.1) is 5.82 Å². The summed E-state index contributed by atoms with van der Waals surface area (Å²) in [6, 6.07) is 11.8. The van der Waals surface area contributed by atoms with Gasteiger partial charge in [0.05, 0.1) is 6.10 Å². The van der Waals surface area contributed by atoms with Crippen molar-refractivity contribution in [2.24, 2.45) is 0 Å². The van der Waals surface area contributed by atoms with E-state index in [2.05, 4.69) is 10.6 Å². The zero-order valence-electron chi connectivity index (χ0n) is 11.8. The Labute approximate surface area is 127 Å². The molecule has 22 heavy (non-hydrogen) atoms. The third-order valence-electron chi connectivity index (χ3n) is 3.11. The highest BCUT2D eigenvalue weighted by molar-refractivity contribution is 5.73. The fourth-order valence-corrected chi connectivity index (χ4v) is 1.90. The molecule has 0 spiro atoms. The lowest BCUT2D eigenvalue weighted by Gasteiger charge is -2.13. The number of aliphatic hydroxyl groups excluding tert-OH is 1. The van der Waals surface area contributed by atoms with Crippen molar-refractivity contribution in [3.05, 3.63) is 65.5 Å². The fourth-order valence-electron chi connectivity index (χ4n) is 1.90. The van der Waals surface area contributed by atoms with Gasteiger partial charge < -0.3 is 20.8 Å². The summed E-state index contributed by atoms with van der Waals surface area (Å²) in [4.78, 5) is 11.6. The maximum absolute atomic E-state index is 13.5. The molecule has 0 aliphatic carbocycles. The summed E-state index contributed by atoms with van der Waals surface area (Å²) < 4.78 is 13.5. The van der Waals surface area contributed by atoms with Crippen molar-refractivity contribution >= 4 is 6.03 Å². The molecule has 2 rings (SSSR count). The van der Waals surface area contributed by atoms with Crippen molar-refractivity contribution in [2.45, 2.75) is 12.6 Å². The molecule has 0 fully saturated rings. The number of phenols is 1. The van der Waals surface area contributed by atoms with E-state index in [1.165, 1.54) is 30.3 Å². The summed E-state index contributed by atoms with van der Waals surface area (Å²) in [6.07, 6.45) is -1.11. The van der Waals surface area contributed by atoms with Gasteiger partial charge in [-0.05, 0) is 23.8 Å². The van der Waals surface area contributed by atoms with Crippen molar-refractivity contribution in [1.29, 1.82) is 0 Å². The third kappa shape index (κ3) is 4.46. The minimum Gasteiger partial charge on any atom is -0.508 e. The monoisotopic (exact) mass is 304 g/mol. The van der Waals surface area contributed by atoms with Crippen LogP contribution < -0.4 is 10.6 Å². The standard InChI is InChI=1S/C16H17FN2O3/c17-14-4-2-1-3-13(14)15(21)10-19-16(22)18-9-11-5-7-12(20)8-6-11/h1-8,15,20-21H,9-10H2,(H2,18,19,22). The van der Waals surface area contributed by atoms with E-state index in [0.717, 1.165) is 5.56 Å². The molecule has 0 aliphatic heterocycles. The van der Waals surface area contributed by atoms with E-state index in [-0.39, 0.29) is 24.4 Å². The quantitative estimate of drug-likeness (QED) is 0.682. The van der Waals surface area contributed by atoms with E-state index in [4.69, 9.17) is 5.11 Å².